The number of nitrogens with one attached hydrogen (secondary N) is 1. The van der Waals surface area contributed by atoms with Crippen LogP contribution in [0.1, 0.15) is 5.56 Å². The van der Waals surface area contributed by atoms with Crippen molar-refractivity contribution < 1.29 is 0 Å². The van der Waals surface area contributed by atoms with Crippen molar-refractivity contribution in [3.63, 3.8) is 0 Å². The van der Waals surface area contributed by atoms with Gasteiger partial charge in [-0.1, -0.05) is 29.3 Å². The Kier molecular flexibility index (Phi) is 4.13. The Hall–Kier alpha value is -0.840. The first-order valence-electron chi connectivity index (χ1n) is 3.63. The third-order valence-electron chi connectivity index (χ3n) is 1.33. The van der Waals surface area contributed by atoms with E-state index in [0.29, 0.717) is 10.0 Å². The van der Waals surface area contributed by atoms with E-state index in [-0.39, 0.29) is 5.11 Å². The molecule has 0 unspecified atom stereocenters. The van der Waals surface area contributed by atoms with Gasteiger partial charge in [-0.3, -0.25) is 5.43 Å². The molecular formula is C8H7Cl2N3S. The summed E-state index contributed by atoms with van der Waals surface area (Å²) in [6.45, 7) is 0. The van der Waals surface area contributed by atoms with Gasteiger partial charge in [-0.05, 0) is 29.9 Å². The molecule has 0 aliphatic carbocycles. The van der Waals surface area contributed by atoms with Crippen LogP contribution in [0.15, 0.2) is 23.3 Å². The molecule has 3 N–H and O–H groups in total. The van der Waals surface area contributed by atoms with Crippen LogP contribution in [0.3, 0.4) is 0 Å². The Bertz CT molecular complexity index is 379. The Morgan fingerprint density at radius 1 is 1.43 bits per heavy atom. The second kappa shape index (κ2) is 5.14. The number of thiocarbonyl (C=S) groups is 1. The Labute approximate surface area is 96.9 Å². The van der Waals surface area contributed by atoms with Gasteiger partial charge < -0.3 is 5.73 Å². The van der Waals surface area contributed by atoms with Crippen molar-refractivity contribution in [2.45, 2.75) is 0 Å². The number of hydrazone groups is 1. The van der Waals surface area contributed by atoms with Gasteiger partial charge in [-0.2, -0.15) is 5.10 Å². The number of hydrogen-bond acceptors (Lipinski definition) is 2. The molecule has 0 bridgehead atoms. The molecule has 3 nitrogen and oxygen atoms in total. The summed E-state index contributed by atoms with van der Waals surface area (Å²) in [4.78, 5) is 0. The highest BCUT2D eigenvalue weighted by Crippen LogP contribution is 2.21. The standard InChI is InChI=1S/C8H7Cl2N3S/c9-6-2-1-5(3-7(6)10)4-12-13-8(11)14/h1-4H,(H3,11,13,14). The predicted octanol–water partition coefficient (Wildman–Crippen LogP) is 2.16. The SMILES string of the molecule is NC(=S)NN=Cc1ccc(Cl)c(Cl)c1. The smallest absolute Gasteiger partial charge is 0.184 e. The summed E-state index contributed by atoms with van der Waals surface area (Å²) in [5, 5.41) is 4.86. The van der Waals surface area contributed by atoms with Crippen LogP contribution in [0.25, 0.3) is 0 Å². The van der Waals surface area contributed by atoms with Crippen molar-refractivity contribution in [1.29, 1.82) is 0 Å². The zero-order valence-electron chi connectivity index (χ0n) is 7.00. The third kappa shape index (κ3) is 3.49. The summed E-state index contributed by atoms with van der Waals surface area (Å²) >= 11 is 16.1. The average Bonchev–Trinajstić information content (AvgIpc) is 2.10. The van der Waals surface area contributed by atoms with Crippen molar-refractivity contribution in [2.75, 3.05) is 0 Å². The van der Waals surface area contributed by atoms with Gasteiger partial charge >= 0.3 is 0 Å². The largest absolute Gasteiger partial charge is 0.375 e. The highest BCUT2D eigenvalue weighted by atomic mass is 35.5. The van der Waals surface area contributed by atoms with E-state index in [9.17, 15) is 0 Å². The van der Waals surface area contributed by atoms with Gasteiger partial charge in [0.25, 0.3) is 0 Å². The van der Waals surface area contributed by atoms with E-state index in [2.05, 4.69) is 22.7 Å². The summed E-state index contributed by atoms with van der Waals surface area (Å²) in [6.07, 6.45) is 1.54. The van der Waals surface area contributed by atoms with E-state index in [4.69, 9.17) is 28.9 Å². The van der Waals surface area contributed by atoms with Gasteiger partial charge in [0.15, 0.2) is 5.11 Å². The normalized spacial score (nSPS) is 10.4. The molecule has 1 aromatic rings. The van der Waals surface area contributed by atoms with Crippen LogP contribution in [-0.2, 0) is 0 Å². The first-order chi connectivity index (χ1) is 6.59. The van der Waals surface area contributed by atoms with Crippen molar-refractivity contribution >= 4 is 46.7 Å². The van der Waals surface area contributed by atoms with Gasteiger partial charge in [0.05, 0.1) is 16.3 Å². The molecular weight excluding hydrogens is 241 g/mol. The van der Waals surface area contributed by atoms with Crippen LogP contribution in [0.5, 0.6) is 0 Å². The number of nitrogens with zero attached hydrogens (tertiary/aromatic N) is 1. The number of nitrogens with two attached hydrogens (primary N) is 1. The Balaban J connectivity index is 2.73. The van der Waals surface area contributed by atoms with Crippen molar-refractivity contribution in [1.82, 2.24) is 5.43 Å². The monoisotopic (exact) mass is 247 g/mol. The number of rotatable bonds is 2. The predicted molar refractivity (Wildman–Crippen MR) is 64.0 cm³/mol. The lowest BCUT2D eigenvalue weighted by molar-refractivity contribution is 1.04. The average molecular weight is 248 g/mol. The van der Waals surface area contributed by atoms with Crippen LogP contribution in [-0.4, -0.2) is 11.3 Å². The molecule has 0 atom stereocenters. The molecule has 6 heteroatoms. The third-order valence-corrected chi connectivity index (χ3v) is 2.16. The first-order valence-corrected chi connectivity index (χ1v) is 4.79. The van der Waals surface area contributed by atoms with E-state index in [0.717, 1.165) is 5.56 Å². The van der Waals surface area contributed by atoms with Crippen LogP contribution in [0, 0.1) is 0 Å². The minimum Gasteiger partial charge on any atom is -0.375 e. The molecule has 1 aromatic carbocycles. The summed E-state index contributed by atoms with van der Waals surface area (Å²) in [7, 11) is 0. The zero-order chi connectivity index (χ0) is 10.6. The van der Waals surface area contributed by atoms with Crippen LogP contribution >= 0.6 is 35.4 Å². The topological polar surface area (TPSA) is 50.4 Å². The van der Waals surface area contributed by atoms with Crippen LogP contribution in [0.4, 0.5) is 0 Å². The molecule has 74 valence electrons. The van der Waals surface area contributed by atoms with Crippen molar-refractivity contribution in [2.24, 2.45) is 10.8 Å². The summed E-state index contributed by atoms with van der Waals surface area (Å²) in [5.74, 6) is 0. The molecule has 0 aliphatic rings. The van der Waals surface area contributed by atoms with Crippen LogP contribution < -0.4 is 11.2 Å². The Morgan fingerprint density at radius 2 is 2.14 bits per heavy atom. The van der Waals surface area contributed by atoms with Crippen LogP contribution in [0.2, 0.25) is 10.0 Å². The molecule has 0 amide bonds. The number of hydrogen-bond donors (Lipinski definition) is 2. The minimum absolute atomic E-state index is 0.112. The molecule has 1 rings (SSSR count). The second-order valence-electron chi connectivity index (χ2n) is 2.41. The summed E-state index contributed by atoms with van der Waals surface area (Å²) in [5.41, 5.74) is 8.41. The van der Waals surface area contributed by atoms with E-state index in [1.807, 2.05) is 0 Å². The fraction of sp³-hybridized carbons (Fsp3) is 0. The highest BCUT2D eigenvalue weighted by Gasteiger charge is 1.96. The van der Waals surface area contributed by atoms with Crippen molar-refractivity contribution in [3.05, 3.63) is 33.8 Å². The minimum atomic E-state index is 0.112. The first kappa shape index (κ1) is 11.2. The van der Waals surface area contributed by atoms with E-state index in [1.54, 1.807) is 24.4 Å². The van der Waals surface area contributed by atoms with Gasteiger partial charge in [-0.25, -0.2) is 0 Å². The molecule has 0 saturated carbocycles. The molecule has 0 spiro atoms. The molecule has 0 fully saturated rings. The van der Waals surface area contributed by atoms with E-state index in [1.165, 1.54) is 0 Å². The molecule has 14 heavy (non-hydrogen) atoms. The maximum atomic E-state index is 5.79. The molecule has 0 aromatic heterocycles. The number of benzene rings is 1. The maximum Gasteiger partial charge on any atom is 0.184 e. The second-order valence-corrected chi connectivity index (χ2v) is 3.66. The highest BCUT2D eigenvalue weighted by molar-refractivity contribution is 7.80. The quantitative estimate of drug-likeness (QED) is 0.479. The molecule has 0 saturated heterocycles. The Morgan fingerprint density at radius 3 is 2.71 bits per heavy atom. The summed E-state index contributed by atoms with van der Waals surface area (Å²) < 4.78 is 0. The van der Waals surface area contributed by atoms with Gasteiger partial charge in [0.2, 0.25) is 0 Å². The van der Waals surface area contributed by atoms with E-state index >= 15 is 0 Å². The van der Waals surface area contributed by atoms with Gasteiger partial charge in [-0.15, -0.1) is 0 Å². The maximum absolute atomic E-state index is 5.79. The molecule has 0 heterocycles. The lowest BCUT2D eigenvalue weighted by Crippen LogP contribution is -2.23. The summed E-state index contributed by atoms with van der Waals surface area (Å²) in [6, 6.07) is 5.15. The number of halogens is 2. The van der Waals surface area contributed by atoms with E-state index < -0.39 is 0 Å². The zero-order valence-corrected chi connectivity index (χ0v) is 9.33. The molecule has 0 aliphatic heterocycles. The lowest BCUT2D eigenvalue weighted by atomic mass is 10.2. The van der Waals surface area contributed by atoms with Gasteiger partial charge in [0.1, 0.15) is 0 Å². The fourth-order valence-electron chi connectivity index (χ4n) is 0.763. The lowest BCUT2D eigenvalue weighted by Gasteiger charge is -1.97. The van der Waals surface area contributed by atoms with Gasteiger partial charge in [0, 0.05) is 0 Å². The fourth-order valence-corrected chi connectivity index (χ4v) is 1.12. The van der Waals surface area contributed by atoms with Crippen molar-refractivity contribution in [3.8, 4) is 0 Å². The molecule has 0 radical (unpaired) electrons.